The van der Waals surface area contributed by atoms with Crippen LogP contribution in [0.2, 0.25) is 0 Å². The summed E-state index contributed by atoms with van der Waals surface area (Å²) in [6.45, 7) is 4.75. The first kappa shape index (κ1) is 20.8. The maximum Gasteiger partial charge on any atom is 0.261 e. The van der Waals surface area contributed by atoms with Crippen molar-refractivity contribution in [2.45, 2.75) is 69.4 Å². The van der Waals surface area contributed by atoms with Gasteiger partial charge < -0.3 is 10.1 Å². The Kier molecular flexibility index (Phi) is 5.47. The number of hydrogen-bond acceptors (Lipinski definition) is 4. The van der Waals surface area contributed by atoms with E-state index in [2.05, 4.69) is 10.0 Å². The number of fused-ring (bicyclic) bond motifs is 3. The molecule has 1 saturated carbocycles. The maximum atomic E-state index is 13.1. The van der Waals surface area contributed by atoms with Gasteiger partial charge in [0.15, 0.2) is 0 Å². The SMILES string of the molecule is Cc1ccc(NS(=O)(=O)c2ccc3c(c2)C2OCCC2C(C2CCCCC2)N3)cc1C. The molecule has 0 amide bonds. The van der Waals surface area contributed by atoms with Gasteiger partial charge in [-0.05, 0) is 80.5 Å². The monoisotopic (exact) mass is 440 g/mol. The molecule has 3 aliphatic rings. The molecule has 31 heavy (non-hydrogen) atoms. The number of sulfonamides is 1. The van der Waals surface area contributed by atoms with Crippen molar-refractivity contribution in [2.24, 2.45) is 11.8 Å². The molecule has 0 aromatic heterocycles. The molecule has 2 N–H and O–H groups in total. The van der Waals surface area contributed by atoms with E-state index in [-0.39, 0.29) is 11.0 Å². The zero-order valence-electron chi connectivity index (χ0n) is 18.4. The molecule has 3 atom stereocenters. The van der Waals surface area contributed by atoms with E-state index < -0.39 is 10.0 Å². The van der Waals surface area contributed by atoms with E-state index in [1.807, 2.05) is 44.2 Å². The summed E-state index contributed by atoms with van der Waals surface area (Å²) in [5.41, 5.74) is 4.80. The minimum atomic E-state index is -3.67. The highest BCUT2D eigenvalue weighted by molar-refractivity contribution is 7.92. The first-order valence-electron chi connectivity index (χ1n) is 11.5. The van der Waals surface area contributed by atoms with Crippen molar-refractivity contribution in [3.8, 4) is 0 Å². The third-order valence-electron chi connectivity index (χ3n) is 7.48. The van der Waals surface area contributed by atoms with Gasteiger partial charge in [0.05, 0.1) is 11.0 Å². The molecule has 0 radical (unpaired) electrons. The predicted molar refractivity (Wildman–Crippen MR) is 124 cm³/mol. The second kappa shape index (κ2) is 8.14. The molecule has 3 unspecified atom stereocenters. The van der Waals surface area contributed by atoms with Crippen molar-refractivity contribution in [3.63, 3.8) is 0 Å². The molecule has 2 heterocycles. The smallest absolute Gasteiger partial charge is 0.261 e. The summed E-state index contributed by atoms with van der Waals surface area (Å²) in [6.07, 6.45) is 7.56. The van der Waals surface area contributed by atoms with Crippen molar-refractivity contribution in [3.05, 3.63) is 53.1 Å². The Morgan fingerprint density at radius 2 is 1.77 bits per heavy atom. The minimum Gasteiger partial charge on any atom is -0.381 e. The Morgan fingerprint density at radius 3 is 2.55 bits per heavy atom. The fraction of sp³-hybridized carbons (Fsp3) is 0.520. The number of hydrogen-bond donors (Lipinski definition) is 2. The van der Waals surface area contributed by atoms with Crippen LogP contribution in [0.25, 0.3) is 0 Å². The minimum absolute atomic E-state index is 0.0139. The number of rotatable bonds is 4. The molecule has 2 fully saturated rings. The van der Waals surface area contributed by atoms with E-state index in [1.54, 1.807) is 6.07 Å². The topological polar surface area (TPSA) is 67.4 Å². The average Bonchev–Trinajstić information content (AvgIpc) is 3.26. The Hall–Kier alpha value is -2.05. The van der Waals surface area contributed by atoms with Crippen molar-refractivity contribution in [1.29, 1.82) is 0 Å². The summed E-state index contributed by atoms with van der Waals surface area (Å²) in [5, 5.41) is 3.78. The number of benzene rings is 2. The fourth-order valence-electron chi connectivity index (χ4n) is 5.64. The lowest BCUT2D eigenvalue weighted by molar-refractivity contribution is 0.0730. The van der Waals surface area contributed by atoms with Crippen LogP contribution in [0.15, 0.2) is 41.3 Å². The fourth-order valence-corrected chi connectivity index (χ4v) is 6.72. The molecule has 2 aliphatic heterocycles. The highest BCUT2D eigenvalue weighted by atomic mass is 32.2. The lowest BCUT2D eigenvalue weighted by atomic mass is 9.73. The number of anilines is 2. The van der Waals surface area contributed by atoms with E-state index in [9.17, 15) is 8.42 Å². The van der Waals surface area contributed by atoms with Crippen molar-refractivity contribution < 1.29 is 13.2 Å². The molecule has 2 aromatic rings. The maximum absolute atomic E-state index is 13.1. The lowest BCUT2D eigenvalue weighted by Crippen LogP contribution is -2.42. The Balaban J connectivity index is 1.43. The normalized spacial score (nSPS) is 26.1. The van der Waals surface area contributed by atoms with Crippen LogP contribution in [0.5, 0.6) is 0 Å². The van der Waals surface area contributed by atoms with E-state index in [4.69, 9.17) is 4.74 Å². The van der Waals surface area contributed by atoms with Gasteiger partial charge in [0.1, 0.15) is 0 Å². The Labute approximate surface area is 185 Å². The van der Waals surface area contributed by atoms with Crippen molar-refractivity contribution in [1.82, 2.24) is 0 Å². The predicted octanol–water partition coefficient (Wildman–Crippen LogP) is 5.56. The van der Waals surface area contributed by atoms with Gasteiger partial charge >= 0.3 is 0 Å². The van der Waals surface area contributed by atoms with E-state index in [0.717, 1.165) is 35.4 Å². The average molecular weight is 441 g/mol. The van der Waals surface area contributed by atoms with Gasteiger partial charge in [0.2, 0.25) is 0 Å². The Morgan fingerprint density at radius 1 is 0.968 bits per heavy atom. The summed E-state index contributed by atoms with van der Waals surface area (Å²) < 4.78 is 35.1. The lowest BCUT2D eigenvalue weighted by Gasteiger charge is -2.42. The summed E-state index contributed by atoms with van der Waals surface area (Å²) in [7, 11) is -3.67. The summed E-state index contributed by atoms with van der Waals surface area (Å²) in [4.78, 5) is 0.289. The Bertz CT molecular complexity index is 1080. The van der Waals surface area contributed by atoms with E-state index in [1.165, 1.54) is 32.1 Å². The number of aryl methyl sites for hydroxylation is 2. The molecule has 1 saturated heterocycles. The highest BCUT2D eigenvalue weighted by Crippen LogP contribution is 2.48. The highest BCUT2D eigenvalue weighted by Gasteiger charge is 2.44. The van der Waals surface area contributed by atoms with Gasteiger partial charge in [0, 0.05) is 35.5 Å². The quantitative estimate of drug-likeness (QED) is 0.653. The molecule has 6 heteroatoms. The molecule has 0 spiro atoms. The van der Waals surface area contributed by atoms with Crippen LogP contribution >= 0.6 is 0 Å². The zero-order valence-corrected chi connectivity index (χ0v) is 19.2. The second-order valence-corrected chi connectivity index (χ2v) is 11.1. The van der Waals surface area contributed by atoms with Crippen LogP contribution in [0.4, 0.5) is 11.4 Å². The first-order chi connectivity index (χ1) is 14.9. The molecule has 1 aliphatic carbocycles. The molecular formula is C25H32N2O3S. The van der Waals surface area contributed by atoms with Gasteiger partial charge in [-0.2, -0.15) is 0 Å². The van der Waals surface area contributed by atoms with Crippen molar-refractivity contribution in [2.75, 3.05) is 16.6 Å². The second-order valence-electron chi connectivity index (χ2n) is 9.47. The van der Waals surface area contributed by atoms with Crippen LogP contribution < -0.4 is 10.0 Å². The largest absolute Gasteiger partial charge is 0.381 e. The van der Waals surface area contributed by atoms with Crippen LogP contribution in [0.1, 0.15) is 61.3 Å². The van der Waals surface area contributed by atoms with Gasteiger partial charge in [-0.3, -0.25) is 4.72 Å². The van der Waals surface area contributed by atoms with Gasteiger partial charge in [-0.1, -0.05) is 25.3 Å². The molecular weight excluding hydrogens is 408 g/mol. The molecule has 5 rings (SSSR count). The zero-order chi connectivity index (χ0) is 21.6. The van der Waals surface area contributed by atoms with Gasteiger partial charge in [0.25, 0.3) is 10.0 Å². The van der Waals surface area contributed by atoms with Crippen molar-refractivity contribution >= 4 is 21.4 Å². The third-order valence-corrected chi connectivity index (χ3v) is 8.86. The molecule has 166 valence electrons. The van der Waals surface area contributed by atoms with Gasteiger partial charge in [-0.15, -0.1) is 0 Å². The summed E-state index contributed by atoms with van der Waals surface area (Å²) >= 11 is 0. The van der Waals surface area contributed by atoms with Crippen LogP contribution in [0.3, 0.4) is 0 Å². The van der Waals surface area contributed by atoms with Crippen LogP contribution in [0, 0.1) is 25.7 Å². The molecule has 2 aromatic carbocycles. The summed E-state index contributed by atoms with van der Waals surface area (Å²) in [6, 6.07) is 11.5. The molecule has 0 bridgehead atoms. The van der Waals surface area contributed by atoms with Crippen LogP contribution in [-0.2, 0) is 14.8 Å². The van der Waals surface area contributed by atoms with Crippen LogP contribution in [-0.4, -0.2) is 21.1 Å². The first-order valence-corrected chi connectivity index (χ1v) is 13.0. The van der Waals surface area contributed by atoms with E-state index in [0.29, 0.717) is 23.6 Å². The number of ether oxygens (including phenoxy) is 1. The molecule has 5 nitrogen and oxygen atoms in total. The van der Waals surface area contributed by atoms with Gasteiger partial charge in [-0.25, -0.2) is 8.42 Å². The summed E-state index contributed by atoms with van der Waals surface area (Å²) in [5.74, 6) is 1.10. The number of nitrogens with one attached hydrogen (secondary N) is 2. The standard InChI is InChI=1S/C25H32N2O3S/c1-16-8-9-19(14-17(16)2)27-31(28,29)20-10-11-23-22(15-20)25-21(12-13-30-25)24(26-23)18-6-4-3-5-7-18/h8-11,14-15,18,21,24-27H,3-7,12-13H2,1-2H3. The third kappa shape index (κ3) is 3.96. The van der Waals surface area contributed by atoms with E-state index >= 15 is 0 Å².